The highest BCUT2D eigenvalue weighted by Gasteiger charge is 2.11. The maximum atomic E-state index is 6.01. The molecule has 0 aliphatic heterocycles. The maximum Gasteiger partial charge on any atom is 0.183 e. The van der Waals surface area contributed by atoms with Gasteiger partial charge in [0, 0.05) is 0 Å². The van der Waals surface area contributed by atoms with Crippen molar-refractivity contribution in [3.63, 3.8) is 0 Å². The number of halogens is 2. The van der Waals surface area contributed by atoms with Crippen LogP contribution in [0.5, 0.6) is 0 Å². The SMILES string of the molecule is Cc1nc(Cl)c2nnn(Cc3ccccc3)c2n1.Cl. The van der Waals surface area contributed by atoms with E-state index in [9.17, 15) is 0 Å². The lowest BCUT2D eigenvalue weighted by Crippen LogP contribution is -2.03. The summed E-state index contributed by atoms with van der Waals surface area (Å²) in [7, 11) is 0. The van der Waals surface area contributed by atoms with Crippen LogP contribution in [0.2, 0.25) is 5.15 Å². The average Bonchev–Trinajstić information content (AvgIpc) is 2.74. The molecule has 7 heteroatoms. The molecule has 98 valence electrons. The van der Waals surface area contributed by atoms with Gasteiger partial charge in [0.2, 0.25) is 0 Å². The van der Waals surface area contributed by atoms with Crippen molar-refractivity contribution in [1.29, 1.82) is 0 Å². The number of benzene rings is 1. The molecule has 19 heavy (non-hydrogen) atoms. The zero-order valence-electron chi connectivity index (χ0n) is 10.1. The fourth-order valence-electron chi connectivity index (χ4n) is 1.79. The van der Waals surface area contributed by atoms with E-state index < -0.39 is 0 Å². The second kappa shape index (κ2) is 5.50. The van der Waals surface area contributed by atoms with E-state index in [1.54, 1.807) is 11.6 Å². The predicted molar refractivity (Wildman–Crippen MR) is 75.7 cm³/mol. The lowest BCUT2D eigenvalue weighted by atomic mass is 10.2. The molecule has 0 N–H and O–H groups in total. The minimum atomic E-state index is 0. The number of hydrogen-bond acceptors (Lipinski definition) is 4. The number of aryl methyl sites for hydroxylation is 1. The Balaban J connectivity index is 0.00000133. The second-order valence-corrected chi connectivity index (χ2v) is 4.32. The normalized spacial score (nSPS) is 10.4. The van der Waals surface area contributed by atoms with Gasteiger partial charge in [-0.2, -0.15) is 0 Å². The molecule has 0 saturated heterocycles. The first kappa shape index (κ1) is 13.7. The molecule has 2 heterocycles. The van der Waals surface area contributed by atoms with Crippen LogP contribution in [0.1, 0.15) is 11.4 Å². The van der Waals surface area contributed by atoms with Gasteiger partial charge < -0.3 is 0 Å². The molecule has 3 rings (SSSR count). The van der Waals surface area contributed by atoms with Gasteiger partial charge in [0.25, 0.3) is 0 Å². The first-order valence-electron chi connectivity index (χ1n) is 5.51. The number of rotatable bonds is 2. The minimum absolute atomic E-state index is 0. The Morgan fingerprint density at radius 3 is 2.63 bits per heavy atom. The lowest BCUT2D eigenvalue weighted by molar-refractivity contribution is 0.663. The van der Waals surface area contributed by atoms with Crippen LogP contribution in [-0.4, -0.2) is 25.0 Å². The van der Waals surface area contributed by atoms with E-state index in [2.05, 4.69) is 20.3 Å². The van der Waals surface area contributed by atoms with Crippen molar-refractivity contribution < 1.29 is 0 Å². The molecule has 0 amide bonds. The van der Waals surface area contributed by atoms with E-state index in [-0.39, 0.29) is 12.4 Å². The molecule has 0 saturated carbocycles. The third-order valence-corrected chi connectivity index (χ3v) is 2.87. The number of aromatic nitrogens is 5. The molecular weight excluding hydrogens is 285 g/mol. The van der Waals surface area contributed by atoms with E-state index in [1.807, 2.05) is 30.3 Å². The van der Waals surface area contributed by atoms with Crippen molar-refractivity contribution in [2.75, 3.05) is 0 Å². The third kappa shape index (κ3) is 2.67. The molecule has 5 nitrogen and oxygen atoms in total. The molecule has 0 unspecified atom stereocenters. The molecule has 0 atom stereocenters. The molecular formula is C12H11Cl2N5. The van der Waals surface area contributed by atoms with Crippen molar-refractivity contribution in [3.05, 3.63) is 46.9 Å². The fourth-order valence-corrected chi connectivity index (χ4v) is 2.03. The van der Waals surface area contributed by atoms with Gasteiger partial charge in [-0.05, 0) is 12.5 Å². The van der Waals surface area contributed by atoms with Crippen molar-refractivity contribution in [2.24, 2.45) is 0 Å². The van der Waals surface area contributed by atoms with E-state index in [0.29, 0.717) is 28.7 Å². The number of nitrogens with zero attached hydrogens (tertiary/aromatic N) is 5. The Bertz CT molecular complexity index is 696. The summed E-state index contributed by atoms with van der Waals surface area (Å²) in [5.41, 5.74) is 2.34. The first-order chi connectivity index (χ1) is 8.74. The molecule has 0 bridgehead atoms. The summed E-state index contributed by atoms with van der Waals surface area (Å²) >= 11 is 6.01. The summed E-state index contributed by atoms with van der Waals surface area (Å²) in [5, 5.41) is 8.43. The molecule has 0 aliphatic carbocycles. The van der Waals surface area contributed by atoms with Crippen LogP contribution in [0.3, 0.4) is 0 Å². The smallest absolute Gasteiger partial charge is 0.183 e. The van der Waals surface area contributed by atoms with E-state index >= 15 is 0 Å². The van der Waals surface area contributed by atoms with E-state index in [0.717, 1.165) is 5.56 Å². The van der Waals surface area contributed by atoms with Crippen LogP contribution < -0.4 is 0 Å². The van der Waals surface area contributed by atoms with Gasteiger partial charge in [-0.1, -0.05) is 47.1 Å². The minimum Gasteiger partial charge on any atom is -0.222 e. The lowest BCUT2D eigenvalue weighted by Gasteiger charge is -2.02. The van der Waals surface area contributed by atoms with Gasteiger partial charge in [-0.25, -0.2) is 14.6 Å². The Morgan fingerprint density at radius 2 is 1.89 bits per heavy atom. The van der Waals surface area contributed by atoms with Crippen LogP contribution in [-0.2, 0) is 6.54 Å². The predicted octanol–water partition coefficient (Wildman–Crippen LogP) is 2.65. The fraction of sp³-hybridized carbons (Fsp3) is 0.167. The van der Waals surface area contributed by atoms with Crippen LogP contribution >= 0.6 is 24.0 Å². The standard InChI is InChI=1S/C12H10ClN5.ClH/c1-8-14-11(13)10-12(15-8)18(17-16-10)7-9-5-3-2-4-6-9;/h2-6H,7H2,1H3;1H. The van der Waals surface area contributed by atoms with E-state index in [4.69, 9.17) is 11.6 Å². The molecule has 3 aromatic rings. The largest absolute Gasteiger partial charge is 0.222 e. The summed E-state index contributed by atoms with van der Waals surface area (Å²) in [5.74, 6) is 0.615. The van der Waals surface area contributed by atoms with Crippen LogP contribution in [0.15, 0.2) is 30.3 Å². The monoisotopic (exact) mass is 295 g/mol. The van der Waals surface area contributed by atoms with E-state index in [1.165, 1.54) is 0 Å². The highest BCUT2D eigenvalue weighted by molar-refractivity contribution is 6.33. The Labute approximate surface area is 121 Å². The van der Waals surface area contributed by atoms with Gasteiger partial charge >= 0.3 is 0 Å². The summed E-state index contributed by atoms with van der Waals surface area (Å²) in [6.45, 7) is 2.41. The average molecular weight is 296 g/mol. The molecule has 0 radical (unpaired) electrons. The van der Waals surface area contributed by atoms with Gasteiger partial charge in [0.05, 0.1) is 6.54 Å². The summed E-state index contributed by atoms with van der Waals surface area (Å²) in [6.07, 6.45) is 0. The topological polar surface area (TPSA) is 56.5 Å². The van der Waals surface area contributed by atoms with Gasteiger partial charge in [0.1, 0.15) is 5.82 Å². The zero-order chi connectivity index (χ0) is 12.5. The van der Waals surface area contributed by atoms with Crippen LogP contribution in [0.4, 0.5) is 0 Å². The van der Waals surface area contributed by atoms with Crippen molar-refractivity contribution >= 4 is 35.2 Å². The molecule has 0 aliphatic rings. The first-order valence-corrected chi connectivity index (χ1v) is 5.89. The van der Waals surface area contributed by atoms with Crippen molar-refractivity contribution in [2.45, 2.75) is 13.5 Å². The number of hydrogen-bond donors (Lipinski definition) is 0. The Morgan fingerprint density at radius 1 is 1.16 bits per heavy atom. The van der Waals surface area contributed by atoms with Crippen molar-refractivity contribution in [3.8, 4) is 0 Å². The quantitative estimate of drug-likeness (QED) is 0.682. The Hall–Kier alpha value is -1.72. The van der Waals surface area contributed by atoms with Gasteiger partial charge in [0.15, 0.2) is 16.3 Å². The van der Waals surface area contributed by atoms with Gasteiger partial charge in [-0.3, -0.25) is 0 Å². The molecule has 1 aromatic carbocycles. The highest BCUT2D eigenvalue weighted by Crippen LogP contribution is 2.17. The summed E-state index contributed by atoms with van der Waals surface area (Å²) in [4.78, 5) is 8.40. The van der Waals surface area contributed by atoms with Crippen LogP contribution in [0, 0.1) is 6.92 Å². The summed E-state index contributed by atoms with van der Waals surface area (Å²) in [6, 6.07) is 10.0. The maximum absolute atomic E-state index is 6.01. The third-order valence-electron chi connectivity index (χ3n) is 2.61. The molecule has 0 spiro atoms. The highest BCUT2D eigenvalue weighted by atomic mass is 35.5. The second-order valence-electron chi connectivity index (χ2n) is 3.97. The Kier molecular flexibility index (Phi) is 3.97. The molecule has 0 fully saturated rings. The zero-order valence-corrected chi connectivity index (χ0v) is 11.7. The molecule has 2 aromatic heterocycles. The number of fused-ring (bicyclic) bond motifs is 1. The van der Waals surface area contributed by atoms with Crippen LogP contribution in [0.25, 0.3) is 11.2 Å². The summed E-state index contributed by atoms with van der Waals surface area (Å²) < 4.78 is 1.73. The van der Waals surface area contributed by atoms with Gasteiger partial charge in [-0.15, -0.1) is 17.5 Å². The van der Waals surface area contributed by atoms with Crippen molar-refractivity contribution in [1.82, 2.24) is 25.0 Å².